The summed E-state index contributed by atoms with van der Waals surface area (Å²) in [6.07, 6.45) is 1.89. The molecule has 228 valence electrons. The molecule has 4 aromatic rings. The SMILES string of the molecule is COc1ccc(Cn2nc(N[C@@H]3CCN(C(=O)OC(C)(C)C)C3)c3c(Oc4ccc(C)cc4S(N)(=O)=O)ccnc32)cc1. The third-order valence-corrected chi connectivity index (χ3v) is 7.82. The van der Waals surface area contributed by atoms with Crippen LogP contribution in [-0.2, 0) is 21.3 Å². The van der Waals surface area contributed by atoms with Crippen LogP contribution in [0.1, 0.15) is 38.3 Å². The van der Waals surface area contributed by atoms with Crippen molar-refractivity contribution in [2.45, 2.75) is 57.2 Å². The number of aromatic nitrogens is 3. The molecule has 0 bridgehead atoms. The number of carbonyl (C=O) groups excluding carboxylic acids is 1. The number of sulfonamides is 1. The van der Waals surface area contributed by atoms with E-state index in [4.69, 9.17) is 24.4 Å². The number of fused-ring (bicyclic) bond motifs is 1. The minimum Gasteiger partial charge on any atom is -0.497 e. The lowest BCUT2D eigenvalue weighted by atomic mass is 10.2. The van der Waals surface area contributed by atoms with Gasteiger partial charge in [0.1, 0.15) is 33.1 Å². The Bertz CT molecular complexity index is 1750. The zero-order valence-electron chi connectivity index (χ0n) is 24.8. The molecule has 0 aliphatic carbocycles. The average molecular weight is 609 g/mol. The van der Waals surface area contributed by atoms with Crippen LogP contribution in [0.25, 0.3) is 11.0 Å². The van der Waals surface area contributed by atoms with Crippen LogP contribution >= 0.6 is 0 Å². The van der Waals surface area contributed by atoms with Crippen LogP contribution in [0.3, 0.4) is 0 Å². The van der Waals surface area contributed by atoms with Gasteiger partial charge in [-0.1, -0.05) is 18.2 Å². The number of aryl methyl sites for hydroxylation is 1. The lowest BCUT2D eigenvalue weighted by molar-refractivity contribution is 0.0293. The Labute approximate surface area is 250 Å². The predicted octanol–water partition coefficient (Wildman–Crippen LogP) is 4.66. The maximum absolute atomic E-state index is 12.7. The summed E-state index contributed by atoms with van der Waals surface area (Å²) >= 11 is 0. The normalized spacial score (nSPS) is 15.5. The van der Waals surface area contributed by atoms with E-state index in [-0.39, 0.29) is 22.8 Å². The number of rotatable bonds is 8. The summed E-state index contributed by atoms with van der Waals surface area (Å²) in [5.41, 5.74) is 1.63. The molecule has 2 aromatic heterocycles. The van der Waals surface area contributed by atoms with Gasteiger partial charge in [-0.2, -0.15) is 5.10 Å². The fourth-order valence-corrected chi connectivity index (χ4v) is 5.61. The number of benzene rings is 2. The molecular formula is C30H36N6O6S. The monoisotopic (exact) mass is 608 g/mol. The predicted molar refractivity (Wildman–Crippen MR) is 162 cm³/mol. The molecule has 3 N–H and O–H groups in total. The van der Waals surface area contributed by atoms with Gasteiger partial charge in [-0.05, 0) is 69.5 Å². The van der Waals surface area contributed by atoms with Crippen LogP contribution in [0.5, 0.6) is 17.2 Å². The topological polar surface area (TPSA) is 151 Å². The molecule has 43 heavy (non-hydrogen) atoms. The number of primary sulfonamides is 1. The zero-order valence-corrected chi connectivity index (χ0v) is 25.6. The highest BCUT2D eigenvalue weighted by Gasteiger charge is 2.31. The van der Waals surface area contributed by atoms with E-state index in [2.05, 4.69) is 10.3 Å². The quantitative estimate of drug-likeness (QED) is 0.291. The maximum atomic E-state index is 12.7. The van der Waals surface area contributed by atoms with Crippen molar-refractivity contribution < 1.29 is 27.4 Å². The van der Waals surface area contributed by atoms with Crippen molar-refractivity contribution >= 4 is 33.0 Å². The minimum absolute atomic E-state index is 0.0893. The first-order chi connectivity index (χ1) is 20.3. The first-order valence-electron chi connectivity index (χ1n) is 13.8. The van der Waals surface area contributed by atoms with Gasteiger partial charge in [0.05, 0.1) is 13.7 Å². The number of nitrogens with one attached hydrogen (secondary N) is 1. The number of ether oxygens (including phenoxy) is 3. The van der Waals surface area contributed by atoms with E-state index in [1.54, 1.807) is 48.0 Å². The van der Waals surface area contributed by atoms with E-state index < -0.39 is 15.6 Å². The van der Waals surface area contributed by atoms with E-state index in [9.17, 15) is 13.2 Å². The fourth-order valence-electron chi connectivity index (χ4n) is 4.87. The third-order valence-electron chi connectivity index (χ3n) is 6.89. The second-order valence-corrected chi connectivity index (χ2v) is 13.0. The molecule has 13 heteroatoms. The van der Waals surface area contributed by atoms with Gasteiger partial charge in [-0.15, -0.1) is 0 Å². The standard InChI is InChI=1S/C30H36N6O6S/c1-19-6-11-23(25(16-19)43(31,38)39)41-24-12-14-32-28-26(24)27(34-36(28)17-20-7-9-22(40-5)10-8-20)33-21-13-15-35(18-21)29(37)42-30(2,3)4/h6-12,14,16,21H,13,15,17-18H2,1-5H3,(H,33,34)(H2,31,38,39)/t21-/m1/s1. The van der Waals surface area contributed by atoms with Gasteiger partial charge in [0.15, 0.2) is 11.5 Å². The molecule has 0 spiro atoms. The number of carbonyl (C=O) groups is 1. The molecule has 2 aromatic carbocycles. The van der Waals surface area contributed by atoms with Gasteiger partial charge >= 0.3 is 6.09 Å². The molecule has 0 saturated carbocycles. The minimum atomic E-state index is -4.06. The number of hydrogen-bond acceptors (Lipinski definition) is 9. The summed E-state index contributed by atoms with van der Waals surface area (Å²) in [5.74, 6) is 1.67. The van der Waals surface area contributed by atoms with Crippen LogP contribution in [0.4, 0.5) is 10.6 Å². The van der Waals surface area contributed by atoms with Crippen molar-refractivity contribution in [1.29, 1.82) is 0 Å². The third kappa shape index (κ3) is 7.00. The smallest absolute Gasteiger partial charge is 0.410 e. The number of methoxy groups -OCH3 is 1. The van der Waals surface area contributed by atoms with Crippen LogP contribution in [0.15, 0.2) is 59.6 Å². The maximum Gasteiger partial charge on any atom is 0.410 e. The highest BCUT2D eigenvalue weighted by Crippen LogP contribution is 2.37. The molecule has 1 atom stereocenters. The summed E-state index contributed by atoms with van der Waals surface area (Å²) in [4.78, 5) is 18.8. The van der Waals surface area contributed by atoms with E-state index in [0.717, 1.165) is 16.9 Å². The molecule has 5 rings (SSSR count). The highest BCUT2D eigenvalue weighted by atomic mass is 32.2. The second kappa shape index (κ2) is 11.7. The van der Waals surface area contributed by atoms with Crippen LogP contribution < -0.4 is 19.9 Å². The lowest BCUT2D eigenvalue weighted by Crippen LogP contribution is -2.36. The average Bonchev–Trinajstić information content (AvgIpc) is 3.54. The second-order valence-electron chi connectivity index (χ2n) is 11.5. The first kappa shape index (κ1) is 30.1. The molecule has 1 fully saturated rings. The van der Waals surface area contributed by atoms with Gasteiger partial charge < -0.3 is 24.4 Å². The lowest BCUT2D eigenvalue weighted by Gasteiger charge is -2.24. The molecule has 0 radical (unpaired) electrons. The first-order valence-corrected chi connectivity index (χ1v) is 15.4. The Morgan fingerprint density at radius 1 is 1.12 bits per heavy atom. The van der Waals surface area contributed by atoms with Crippen molar-refractivity contribution in [3.8, 4) is 17.2 Å². The Morgan fingerprint density at radius 2 is 1.86 bits per heavy atom. The van der Waals surface area contributed by atoms with E-state index >= 15 is 0 Å². The van der Waals surface area contributed by atoms with Gasteiger partial charge in [-0.25, -0.2) is 28.0 Å². The molecule has 1 amide bonds. The van der Waals surface area contributed by atoms with Gasteiger partial charge in [-0.3, -0.25) is 0 Å². The molecule has 1 saturated heterocycles. The van der Waals surface area contributed by atoms with Gasteiger partial charge in [0.2, 0.25) is 10.0 Å². The van der Waals surface area contributed by atoms with Crippen molar-refractivity contribution in [1.82, 2.24) is 19.7 Å². The zero-order chi connectivity index (χ0) is 30.9. The number of nitrogens with two attached hydrogens (primary N) is 1. The molecule has 12 nitrogen and oxygen atoms in total. The number of hydrogen-bond donors (Lipinski definition) is 2. The van der Waals surface area contributed by atoms with Crippen molar-refractivity contribution in [2.75, 3.05) is 25.5 Å². The van der Waals surface area contributed by atoms with E-state index in [1.165, 1.54) is 6.07 Å². The number of anilines is 1. The number of likely N-dealkylation sites (tertiary alicyclic amines) is 1. The van der Waals surface area contributed by atoms with Crippen LogP contribution in [0, 0.1) is 6.92 Å². The largest absolute Gasteiger partial charge is 0.497 e. The molecule has 1 aliphatic rings. The van der Waals surface area contributed by atoms with Crippen LogP contribution in [0.2, 0.25) is 0 Å². The molecular weight excluding hydrogens is 572 g/mol. The molecule has 3 heterocycles. The summed E-state index contributed by atoms with van der Waals surface area (Å²) in [6.45, 7) is 8.63. The van der Waals surface area contributed by atoms with E-state index in [1.807, 2.05) is 45.0 Å². The van der Waals surface area contributed by atoms with Crippen molar-refractivity contribution in [2.24, 2.45) is 5.14 Å². The van der Waals surface area contributed by atoms with Crippen molar-refractivity contribution in [3.63, 3.8) is 0 Å². The van der Waals surface area contributed by atoms with Crippen LogP contribution in [-0.4, -0.2) is 66.0 Å². The fraction of sp³-hybridized carbons (Fsp3) is 0.367. The Balaban J connectivity index is 1.52. The number of nitrogens with zero attached hydrogens (tertiary/aromatic N) is 4. The van der Waals surface area contributed by atoms with Gasteiger partial charge in [0.25, 0.3) is 0 Å². The number of amides is 1. The Hall–Kier alpha value is -4.36. The Morgan fingerprint density at radius 3 is 2.53 bits per heavy atom. The highest BCUT2D eigenvalue weighted by molar-refractivity contribution is 7.89. The summed E-state index contributed by atoms with van der Waals surface area (Å²) in [6, 6.07) is 14.0. The molecule has 0 unspecified atom stereocenters. The van der Waals surface area contributed by atoms with Gasteiger partial charge in [0, 0.05) is 31.4 Å². The number of pyridine rings is 1. The molecule has 1 aliphatic heterocycles. The van der Waals surface area contributed by atoms with Crippen molar-refractivity contribution in [3.05, 3.63) is 65.9 Å². The summed E-state index contributed by atoms with van der Waals surface area (Å²) in [7, 11) is -2.45. The Kier molecular flexibility index (Phi) is 8.21. The summed E-state index contributed by atoms with van der Waals surface area (Å²) in [5, 5.41) is 14.4. The van der Waals surface area contributed by atoms with E-state index in [0.29, 0.717) is 48.7 Å². The summed E-state index contributed by atoms with van der Waals surface area (Å²) < 4.78 is 43.6.